The molecular formula is C12H20N2O3S. The minimum Gasteiger partial charge on any atom is -0.390 e. The third-order valence-corrected chi connectivity index (χ3v) is 5.08. The van der Waals surface area contributed by atoms with E-state index in [0.717, 1.165) is 19.3 Å². The molecule has 6 heteroatoms. The van der Waals surface area contributed by atoms with E-state index in [4.69, 9.17) is 5.11 Å². The van der Waals surface area contributed by atoms with Gasteiger partial charge in [-0.05, 0) is 24.8 Å². The number of aromatic nitrogens is 1. The van der Waals surface area contributed by atoms with Gasteiger partial charge in [0.15, 0.2) is 0 Å². The first kappa shape index (κ1) is 13.6. The summed E-state index contributed by atoms with van der Waals surface area (Å²) < 4.78 is 27.1. The number of rotatable bonds is 4. The molecule has 5 nitrogen and oxygen atoms in total. The molecule has 1 saturated carbocycles. The Balaban J connectivity index is 2.11. The fourth-order valence-corrected chi connectivity index (χ4v) is 3.82. The Kier molecular flexibility index (Phi) is 4.09. The second kappa shape index (κ2) is 5.42. The molecule has 0 aliphatic heterocycles. The van der Waals surface area contributed by atoms with Crippen LogP contribution in [0.2, 0.25) is 0 Å². The van der Waals surface area contributed by atoms with Gasteiger partial charge < -0.3 is 10.1 Å². The van der Waals surface area contributed by atoms with E-state index in [0.29, 0.717) is 11.6 Å². The van der Waals surface area contributed by atoms with E-state index in [1.54, 1.807) is 0 Å². The topological polar surface area (TPSA) is 82.2 Å². The van der Waals surface area contributed by atoms with Gasteiger partial charge in [0, 0.05) is 17.9 Å². The van der Waals surface area contributed by atoms with Crippen LogP contribution in [0.15, 0.2) is 17.2 Å². The highest BCUT2D eigenvalue weighted by Crippen LogP contribution is 2.25. The second-order valence-electron chi connectivity index (χ2n) is 5.01. The Morgan fingerprint density at radius 1 is 1.44 bits per heavy atom. The number of nitrogens with one attached hydrogen (secondary N) is 2. The van der Waals surface area contributed by atoms with Crippen molar-refractivity contribution in [1.82, 2.24) is 9.71 Å². The molecule has 1 heterocycles. The van der Waals surface area contributed by atoms with Gasteiger partial charge in [0.25, 0.3) is 0 Å². The molecule has 18 heavy (non-hydrogen) atoms. The van der Waals surface area contributed by atoms with Crippen LogP contribution in [-0.4, -0.2) is 24.6 Å². The van der Waals surface area contributed by atoms with Crippen molar-refractivity contribution in [3.8, 4) is 0 Å². The Morgan fingerprint density at radius 2 is 2.17 bits per heavy atom. The van der Waals surface area contributed by atoms with E-state index in [-0.39, 0.29) is 17.5 Å². The van der Waals surface area contributed by atoms with Crippen molar-refractivity contribution in [3.05, 3.63) is 18.0 Å². The van der Waals surface area contributed by atoms with Crippen LogP contribution in [0.1, 0.15) is 38.3 Å². The van der Waals surface area contributed by atoms with Gasteiger partial charge in [0.2, 0.25) is 10.0 Å². The van der Waals surface area contributed by atoms with Crippen LogP contribution in [0, 0.1) is 5.92 Å². The molecule has 0 bridgehead atoms. The van der Waals surface area contributed by atoms with Gasteiger partial charge in [0.05, 0.1) is 11.5 Å². The summed E-state index contributed by atoms with van der Waals surface area (Å²) in [5.74, 6) is 0.379. The Bertz CT molecular complexity index is 495. The Hall–Kier alpha value is -0.850. The van der Waals surface area contributed by atoms with Crippen LogP contribution in [0.4, 0.5) is 0 Å². The number of aliphatic hydroxyl groups excluding tert-OH is 1. The van der Waals surface area contributed by atoms with Crippen molar-refractivity contribution in [1.29, 1.82) is 0 Å². The summed E-state index contributed by atoms with van der Waals surface area (Å²) in [5, 5.41) is 8.93. The van der Waals surface area contributed by atoms with Crippen molar-refractivity contribution in [2.45, 2.75) is 50.2 Å². The van der Waals surface area contributed by atoms with Gasteiger partial charge in [0.1, 0.15) is 0 Å². The molecular weight excluding hydrogens is 252 g/mol. The summed E-state index contributed by atoms with van der Waals surface area (Å²) in [6, 6.07) is 1.49. The maximum Gasteiger partial charge on any atom is 0.242 e. The summed E-state index contributed by atoms with van der Waals surface area (Å²) in [4.78, 5) is 2.94. The van der Waals surface area contributed by atoms with Gasteiger partial charge in [-0.25, -0.2) is 13.1 Å². The van der Waals surface area contributed by atoms with E-state index in [1.807, 2.05) is 0 Å². The predicted molar refractivity (Wildman–Crippen MR) is 68.5 cm³/mol. The second-order valence-corrected chi connectivity index (χ2v) is 6.72. The fraction of sp³-hybridized carbons (Fsp3) is 0.667. The minimum atomic E-state index is -3.47. The van der Waals surface area contributed by atoms with E-state index < -0.39 is 10.0 Å². The van der Waals surface area contributed by atoms with Crippen molar-refractivity contribution < 1.29 is 13.5 Å². The zero-order valence-electron chi connectivity index (χ0n) is 10.5. The normalized spacial score (nSPS) is 25.2. The molecule has 0 saturated heterocycles. The number of sulfonamides is 1. The smallest absolute Gasteiger partial charge is 0.242 e. The molecule has 1 aliphatic carbocycles. The summed E-state index contributed by atoms with van der Waals surface area (Å²) in [5.41, 5.74) is 0.507. The fourth-order valence-electron chi connectivity index (χ4n) is 2.42. The quantitative estimate of drug-likeness (QED) is 0.774. The van der Waals surface area contributed by atoms with E-state index in [9.17, 15) is 8.42 Å². The van der Waals surface area contributed by atoms with Crippen LogP contribution >= 0.6 is 0 Å². The first-order valence-corrected chi connectivity index (χ1v) is 7.82. The highest BCUT2D eigenvalue weighted by atomic mass is 32.2. The standard InChI is InChI=1S/C12H20N2O3S/c1-9-4-2-3-5-12(9)14-18(16,17)11-6-10(8-15)13-7-11/h6-7,9,12-15H,2-5,8H2,1H3. The third kappa shape index (κ3) is 2.93. The van der Waals surface area contributed by atoms with E-state index in [2.05, 4.69) is 16.6 Å². The van der Waals surface area contributed by atoms with Gasteiger partial charge in [-0.1, -0.05) is 19.8 Å². The average Bonchev–Trinajstić information content (AvgIpc) is 2.81. The van der Waals surface area contributed by atoms with Gasteiger partial charge in [-0.15, -0.1) is 0 Å². The highest BCUT2D eigenvalue weighted by molar-refractivity contribution is 7.89. The zero-order valence-corrected chi connectivity index (χ0v) is 11.3. The lowest BCUT2D eigenvalue weighted by Gasteiger charge is -2.29. The molecule has 1 aliphatic rings. The zero-order chi connectivity index (χ0) is 13.2. The van der Waals surface area contributed by atoms with Gasteiger partial charge in [-0.3, -0.25) is 0 Å². The first-order valence-electron chi connectivity index (χ1n) is 6.33. The summed E-state index contributed by atoms with van der Waals surface area (Å²) >= 11 is 0. The molecule has 2 rings (SSSR count). The molecule has 3 N–H and O–H groups in total. The molecule has 0 amide bonds. The molecule has 0 aromatic carbocycles. The average molecular weight is 272 g/mol. The lowest BCUT2D eigenvalue weighted by Crippen LogP contribution is -2.40. The minimum absolute atomic E-state index is 0.0243. The SMILES string of the molecule is CC1CCCCC1NS(=O)(=O)c1c[nH]c(CO)c1. The first-order chi connectivity index (χ1) is 8.53. The molecule has 0 spiro atoms. The van der Waals surface area contributed by atoms with Crippen molar-refractivity contribution in [2.24, 2.45) is 5.92 Å². The van der Waals surface area contributed by atoms with Crippen LogP contribution < -0.4 is 4.72 Å². The van der Waals surface area contributed by atoms with E-state index in [1.165, 1.54) is 18.7 Å². The van der Waals surface area contributed by atoms with Crippen molar-refractivity contribution in [3.63, 3.8) is 0 Å². The molecule has 102 valence electrons. The van der Waals surface area contributed by atoms with Gasteiger partial charge in [-0.2, -0.15) is 0 Å². The van der Waals surface area contributed by atoms with Gasteiger partial charge >= 0.3 is 0 Å². The monoisotopic (exact) mass is 272 g/mol. The molecule has 2 atom stereocenters. The number of aliphatic hydroxyl groups is 1. The molecule has 2 unspecified atom stereocenters. The molecule has 1 fully saturated rings. The largest absolute Gasteiger partial charge is 0.390 e. The Morgan fingerprint density at radius 3 is 2.78 bits per heavy atom. The van der Waals surface area contributed by atoms with Crippen LogP contribution in [-0.2, 0) is 16.6 Å². The maximum absolute atomic E-state index is 12.2. The number of hydrogen-bond acceptors (Lipinski definition) is 3. The number of aromatic amines is 1. The summed E-state index contributed by atoms with van der Waals surface area (Å²) in [6.45, 7) is 1.90. The molecule has 1 aromatic heterocycles. The highest BCUT2D eigenvalue weighted by Gasteiger charge is 2.27. The number of H-pyrrole nitrogens is 1. The molecule has 0 radical (unpaired) electrons. The lowest BCUT2D eigenvalue weighted by atomic mass is 9.87. The molecule has 1 aromatic rings. The van der Waals surface area contributed by atoms with Crippen molar-refractivity contribution in [2.75, 3.05) is 0 Å². The lowest BCUT2D eigenvalue weighted by molar-refractivity contribution is 0.277. The maximum atomic E-state index is 12.2. The van der Waals surface area contributed by atoms with E-state index >= 15 is 0 Å². The van der Waals surface area contributed by atoms with Crippen LogP contribution in [0.25, 0.3) is 0 Å². The number of hydrogen-bond donors (Lipinski definition) is 3. The summed E-state index contributed by atoms with van der Waals surface area (Å²) in [6.07, 6.45) is 5.64. The van der Waals surface area contributed by atoms with Crippen molar-refractivity contribution >= 4 is 10.0 Å². The summed E-state index contributed by atoms with van der Waals surface area (Å²) in [7, 11) is -3.47. The van der Waals surface area contributed by atoms with Crippen LogP contribution in [0.5, 0.6) is 0 Å². The van der Waals surface area contributed by atoms with Crippen LogP contribution in [0.3, 0.4) is 0 Å². The third-order valence-electron chi connectivity index (χ3n) is 3.61. The predicted octanol–water partition coefficient (Wildman–Crippen LogP) is 1.36. The Labute approximate surface area is 108 Å².